The van der Waals surface area contributed by atoms with Crippen molar-refractivity contribution in [3.8, 4) is 22.6 Å². The first-order chi connectivity index (χ1) is 9.58. The number of hydrogen-bond donors (Lipinski definition) is 0. The lowest BCUT2D eigenvalue weighted by Crippen LogP contribution is -1.94. The van der Waals surface area contributed by atoms with Gasteiger partial charge in [-0.3, -0.25) is 4.79 Å². The van der Waals surface area contributed by atoms with E-state index >= 15 is 0 Å². The van der Waals surface area contributed by atoms with E-state index in [9.17, 15) is 4.79 Å². The molecule has 0 fully saturated rings. The van der Waals surface area contributed by atoms with Gasteiger partial charge in [-0.15, -0.1) is 0 Å². The lowest BCUT2D eigenvalue weighted by atomic mass is 10.0. The summed E-state index contributed by atoms with van der Waals surface area (Å²) in [5.74, 6) is 1.48. The van der Waals surface area contributed by atoms with Crippen molar-refractivity contribution in [3.63, 3.8) is 0 Å². The molecule has 0 bridgehead atoms. The van der Waals surface area contributed by atoms with E-state index in [1.165, 1.54) is 0 Å². The average molecular weight is 335 g/mol. The summed E-state index contributed by atoms with van der Waals surface area (Å²) in [4.78, 5) is 11.3. The molecule has 2 aromatic rings. The van der Waals surface area contributed by atoms with Crippen LogP contribution in [0, 0.1) is 0 Å². The van der Waals surface area contributed by atoms with E-state index in [1.54, 1.807) is 21.1 Å². The predicted octanol–water partition coefficient (Wildman–Crippen LogP) is 4.34. The minimum Gasteiger partial charge on any atom is -0.495 e. The summed E-state index contributed by atoms with van der Waals surface area (Å²) in [5.41, 5.74) is 2.62. The smallest absolute Gasteiger partial charge is 0.159 e. The number of methoxy groups -OCH3 is 2. The standard InChI is InChI=1S/C16H15BrO3/c1-10(18)11-4-6-12(7-5-11)13-8-9-14(19-2)15(17)16(13)20-3/h4-9H,1-3H3. The Bertz CT molecular complexity index is 633. The average Bonchev–Trinajstić information content (AvgIpc) is 2.47. The Morgan fingerprint density at radius 2 is 1.65 bits per heavy atom. The van der Waals surface area contributed by atoms with Gasteiger partial charge in [0.2, 0.25) is 0 Å². The zero-order valence-electron chi connectivity index (χ0n) is 11.6. The lowest BCUT2D eigenvalue weighted by Gasteiger charge is -2.13. The number of benzene rings is 2. The van der Waals surface area contributed by atoms with Gasteiger partial charge >= 0.3 is 0 Å². The van der Waals surface area contributed by atoms with Crippen LogP contribution in [-0.4, -0.2) is 20.0 Å². The Kier molecular flexibility index (Phi) is 4.45. The highest BCUT2D eigenvalue weighted by Gasteiger charge is 2.14. The van der Waals surface area contributed by atoms with Crippen LogP contribution in [-0.2, 0) is 0 Å². The van der Waals surface area contributed by atoms with Crippen LogP contribution in [0.15, 0.2) is 40.9 Å². The van der Waals surface area contributed by atoms with Gasteiger partial charge in [0, 0.05) is 11.1 Å². The quantitative estimate of drug-likeness (QED) is 0.780. The number of halogens is 1. The molecule has 0 aliphatic rings. The van der Waals surface area contributed by atoms with E-state index in [-0.39, 0.29) is 5.78 Å². The van der Waals surface area contributed by atoms with Crippen LogP contribution < -0.4 is 9.47 Å². The van der Waals surface area contributed by atoms with Crippen molar-refractivity contribution in [2.24, 2.45) is 0 Å². The fraction of sp³-hybridized carbons (Fsp3) is 0.188. The fourth-order valence-corrected chi connectivity index (χ4v) is 2.68. The molecule has 0 amide bonds. The van der Waals surface area contributed by atoms with Crippen molar-refractivity contribution in [2.75, 3.05) is 14.2 Å². The summed E-state index contributed by atoms with van der Waals surface area (Å²) in [6.07, 6.45) is 0. The maximum Gasteiger partial charge on any atom is 0.159 e. The van der Waals surface area contributed by atoms with Gasteiger partial charge in [0.05, 0.1) is 14.2 Å². The van der Waals surface area contributed by atoms with Gasteiger partial charge in [-0.25, -0.2) is 0 Å². The molecule has 0 heterocycles. The van der Waals surface area contributed by atoms with Gasteiger partial charge < -0.3 is 9.47 Å². The lowest BCUT2D eigenvalue weighted by molar-refractivity contribution is 0.101. The number of ether oxygens (including phenoxy) is 2. The maximum absolute atomic E-state index is 11.3. The molecule has 2 aromatic carbocycles. The molecule has 0 aliphatic heterocycles. The van der Waals surface area contributed by atoms with Gasteiger partial charge in [-0.2, -0.15) is 0 Å². The first-order valence-corrected chi connectivity index (χ1v) is 6.89. The second-order valence-corrected chi connectivity index (χ2v) is 5.09. The molecule has 0 saturated carbocycles. The molecule has 0 aromatic heterocycles. The summed E-state index contributed by atoms with van der Waals surface area (Å²) in [6, 6.07) is 11.3. The normalized spacial score (nSPS) is 10.2. The third kappa shape index (κ3) is 2.70. The van der Waals surface area contributed by atoms with Crippen molar-refractivity contribution in [1.29, 1.82) is 0 Å². The Hall–Kier alpha value is -1.81. The van der Waals surface area contributed by atoms with Crippen LogP contribution >= 0.6 is 15.9 Å². The largest absolute Gasteiger partial charge is 0.495 e. The van der Waals surface area contributed by atoms with Crippen molar-refractivity contribution < 1.29 is 14.3 Å². The first kappa shape index (κ1) is 14.6. The molecule has 0 spiro atoms. The Labute approximate surface area is 126 Å². The van der Waals surface area contributed by atoms with Gasteiger partial charge in [-0.1, -0.05) is 24.3 Å². The second kappa shape index (κ2) is 6.09. The van der Waals surface area contributed by atoms with Crippen LogP contribution in [0.25, 0.3) is 11.1 Å². The Morgan fingerprint density at radius 1 is 1.00 bits per heavy atom. The van der Waals surface area contributed by atoms with Crippen LogP contribution in [0.5, 0.6) is 11.5 Å². The number of hydrogen-bond acceptors (Lipinski definition) is 3. The highest BCUT2D eigenvalue weighted by Crippen LogP contribution is 2.41. The predicted molar refractivity (Wildman–Crippen MR) is 82.7 cm³/mol. The third-order valence-electron chi connectivity index (χ3n) is 3.09. The summed E-state index contributed by atoms with van der Waals surface area (Å²) < 4.78 is 11.5. The number of carbonyl (C=O) groups is 1. The molecule has 0 radical (unpaired) electrons. The minimum absolute atomic E-state index is 0.0550. The van der Waals surface area contributed by atoms with Crippen molar-refractivity contribution in [3.05, 3.63) is 46.4 Å². The van der Waals surface area contributed by atoms with E-state index in [0.717, 1.165) is 15.6 Å². The summed E-state index contributed by atoms with van der Waals surface area (Å²) >= 11 is 3.48. The Balaban J connectivity index is 2.52. The zero-order chi connectivity index (χ0) is 14.7. The molecule has 0 N–H and O–H groups in total. The molecule has 20 heavy (non-hydrogen) atoms. The number of ketones is 1. The summed E-state index contributed by atoms with van der Waals surface area (Å²) in [7, 11) is 3.23. The highest BCUT2D eigenvalue weighted by atomic mass is 79.9. The molecule has 3 nitrogen and oxygen atoms in total. The molecule has 0 aliphatic carbocycles. The summed E-state index contributed by atoms with van der Waals surface area (Å²) in [5, 5.41) is 0. The second-order valence-electron chi connectivity index (χ2n) is 4.30. The number of rotatable bonds is 4. The fourth-order valence-electron chi connectivity index (χ4n) is 2.01. The monoisotopic (exact) mass is 334 g/mol. The molecule has 4 heteroatoms. The first-order valence-electron chi connectivity index (χ1n) is 6.10. The topological polar surface area (TPSA) is 35.5 Å². The van der Waals surface area contributed by atoms with E-state index in [4.69, 9.17) is 9.47 Å². The van der Waals surface area contributed by atoms with Crippen LogP contribution in [0.1, 0.15) is 17.3 Å². The summed E-state index contributed by atoms with van der Waals surface area (Å²) in [6.45, 7) is 1.56. The van der Waals surface area contributed by atoms with Crippen molar-refractivity contribution in [1.82, 2.24) is 0 Å². The molecular formula is C16H15BrO3. The van der Waals surface area contributed by atoms with Crippen LogP contribution in [0.4, 0.5) is 0 Å². The van der Waals surface area contributed by atoms with E-state index < -0.39 is 0 Å². The zero-order valence-corrected chi connectivity index (χ0v) is 13.2. The van der Waals surface area contributed by atoms with E-state index in [1.807, 2.05) is 36.4 Å². The van der Waals surface area contributed by atoms with Gasteiger partial charge in [0.1, 0.15) is 16.0 Å². The SMILES string of the molecule is COc1ccc(-c2ccc(C(C)=O)cc2)c(OC)c1Br. The number of Topliss-reactive ketones (excluding diaryl/α,β-unsaturated/α-hetero) is 1. The van der Waals surface area contributed by atoms with E-state index in [2.05, 4.69) is 15.9 Å². The molecule has 0 saturated heterocycles. The van der Waals surface area contributed by atoms with Crippen molar-refractivity contribution >= 4 is 21.7 Å². The minimum atomic E-state index is 0.0550. The van der Waals surface area contributed by atoms with Gasteiger partial charge in [0.15, 0.2) is 5.78 Å². The van der Waals surface area contributed by atoms with Crippen molar-refractivity contribution in [2.45, 2.75) is 6.92 Å². The molecule has 0 unspecified atom stereocenters. The third-order valence-corrected chi connectivity index (χ3v) is 3.84. The van der Waals surface area contributed by atoms with Gasteiger partial charge in [-0.05, 0) is 40.5 Å². The van der Waals surface area contributed by atoms with Crippen LogP contribution in [0.2, 0.25) is 0 Å². The molecular weight excluding hydrogens is 320 g/mol. The molecule has 0 atom stereocenters. The number of carbonyl (C=O) groups excluding carboxylic acids is 1. The van der Waals surface area contributed by atoms with E-state index in [0.29, 0.717) is 17.1 Å². The molecule has 104 valence electrons. The van der Waals surface area contributed by atoms with Crippen LogP contribution in [0.3, 0.4) is 0 Å². The maximum atomic E-state index is 11.3. The highest BCUT2D eigenvalue weighted by molar-refractivity contribution is 9.10. The molecule has 2 rings (SSSR count). The Morgan fingerprint density at radius 3 is 2.15 bits per heavy atom. The van der Waals surface area contributed by atoms with Gasteiger partial charge in [0.25, 0.3) is 0 Å².